The molecule has 94 valence electrons. The molecule has 1 aromatic rings. The third kappa shape index (κ3) is 1.67. The van der Waals surface area contributed by atoms with E-state index in [4.69, 9.17) is 22.8 Å². The average Bonchev–Trinajstić information content (AvgIpc) is 2.73. The maximum Gasteiger partial charge on any atom is 0.224 e. The lowest BCUT2D eigenvalue weighted by molar-refractivity contribution is -0.121. The summed E-state index contributed by atoms with van der Waals surface area (Å²) in [5.41, 5.74) is 8.67. The second kappa shape index (κ2) is 4.13. The van der Waals surface area contributed by atoms with Crippen molar-refractivity contribution in [1.29, 1.82) is 0 Å². The zero-order valence-electron chi connectivity index (χ0n) is 14.1. The van der Waals surface area contributed by atoms with Crippen LogP contribution in [0, 0.1) is 12.8 Å². The minimum absolute atomic E-state index is 0.0779. The summed E-state index contributed by atoms with van der Waals surface area (Å²) in [5, 5.41) is 0.327. The highest BCUT2D eigenvalue weighted by Crippen LogP contribution is 2.45. The third-order valence-electron chi connectivity index (χ3n) is 3.59. The maximum absolute atomic E-state index is 11.8. The molecule has 0 fully saturated rings. The number of halogens is 1. The van der Waals surface area contributed by atoms with Gasteiger partial charge < -0.3 is 5.73 Å². The first-order chi connectivity index (χ1) is 10.1. The van der Waals surface area contributed by atoms with Gasteiger partial charge in [0.1, 0.15) is 0 Å². The number of allylic oxidation sites excluding steroid dienone is 1. The van der Waals surface area contributed by atoms with E-state index < -0.39 is 18.2 Å². The summed E-state index contributed by atoms with van der Waals surface area (Å²) in [4.78, 5) is 11.8. The monoisotopic (exact) mass is 265 g/mol. The molecule has 3 heteroatoms. The van der Waals surface area contributed by atoms with Gasteiger partial charge in [-0.1, -0.05) is 17.7 Å². The molecule has 1 aromatic carbocycles. The first-order valence-corrected chi connectivity index (χ1v) is 6.26. The van der Waals surface area contributed by atoms with Gasteiger partial charge in [0.25, 0.3) is 0 Å². The normalized spacial score (nSPS) is 31.9. The van der Waals surface area contributed by atoms with Crippen LogP contribution in [0.25, 0.3) is 5.57 Å². The lowest BCUT2D eigenvalue weighted by atomic mass is 9.82. The molecule has 18 heavy (non-hydrogen) atoms. The number of fused-ring (bicyclic) bond motifs is 2. The molecule has 0 saturated heterocycles. The lowest BCUT2D eigenvalue weighted by Crippen LogP contribution is -2.27. The van der Waals surface area contributed by atoms with E-state index in [2.05, 4.69) is 0 Å². The van der Waals surface area contributed by atoms with Crippen LogP contribution in [0.4, 0.5) is 0 Å². The van der Waals surface area contributed by atoms with E-state index >= 15 is 0 Å². The van der Waals surface area contributed by atoms with Crippen molar-refractivity contribution in [2.24, 2.45) is 11.6 Å². The molecule has 2 aliphatic carbocycles. The molecule has 1 atom stereocenters. The second-order valence-electron chi connectivity index (χ2n) is 4.75. The minimum Gasteiger partial charge on any atom is -0.369 e. The van der Waals surface area contributed by atoms with E-state index in [1.54, 1.807) is 6.92 Å². The Kier molecular flexibility index (Phi) is 1.84. The Morgan fingerprint density at radius 2 is 2.50 bits per heavy atom. The molecular weight excluding hydrogens is 246 g/mol. The van der Waals surface area contributed by atoms with E-state index in [-0.39, 0.29) is 18.9 Å². The van der Waals surface area contributed by atoms with E-state index in [1.165, 1.54) is 0 Å². The van der Waals surface area contributed by atoms with Crippen LogP contribution < -0.4 is 5.73 Å². The molecule has 0 saturated carbocycles. The van der Waals surface area contributed by atoms with Gasteiger partial charge in [-0.2, -0.15) is 0 Å². The van der Waals surface area contributed by atoms with Crippen molar-refractivity contribution < 1.29 is 10.3 Å². The summed E-state index contributed by atoms with van der Waals surface area (Å²) in [5.74, 6) is -2.60. The first kappa shape index (κ1) is 8.00. The average molecular weight is 266 g/mol. The van der Waals surface area contributed by atoms with E-state index in [0.29, 0.717) is 28.2 Å². The maximum atomic E-state index is 11.8. The molecule has 1 unspecified atom stereocenters. The number of benzene rings is 1. The van der Waals surface area contributed by atoms with Crippen molar-refractivity contribution in [3.8, 4) is 0 Å². The molecule has 3 rings (SSSR count). The van der Waals surface area contributed by atoms with Gasteiger partial charge in [0.15, 0.2) is 0 Å². The highest BCUT2D eigenvalue weighted by Gasteiger charge is 2.33. The Hall–Kier alpha value is -1.28. The van der Waals surface area contributed by atoms with Gasteiger partial charge in [-0.25, -0.2) is 0 Å². The molecule has 0 aliphatic heterocycles. The van der Waals surface area contributed by atoms with Gasteiger partial charge in [0.2, 0.25) is 5.91 Å². The van der Waals surface area contributed by atoms with Crippen LogP contribution in [0.1, 0.15) is 41.4 Å². The van der Waals surface area contributed by atoms with Crippen molar-refractivity contribution in [1.82, 2.24) is 0 Å². The van der Waals surface area contributed by atoms with Gasteiger partial charge in [-0.15, -0.1) is 0 Å². The van der Waals surface area contributed by atoms with E-state index in [0.717, 1.165) is 11.1 Å². The predicted octanol–water partition coefficient (Wildman–Crippen LogP) is 3.24. The standard InChI is InChI=1S/C15H16ClNO/c1-8-5-9-6-13-10(12(9)7-14(8)16)3-2-4-11(13)15(17)18/h5,7,11H,2-4,6H2,1H3,(H2,17,18)/i2D2,7D,11D. The zero-order chi connectivity index (χ0) is 16.4. The topological polar surface area (TPSA) is 43.1 Å². The van der Waals surface area contributed by atoms with Crippen LogP contribution in [-0.4, -0.2) is 5.91 Å². The summed E-state index contributed by atoms with van der Waals surface area (Å²) < 4.78 is 32.8. The van der Waals surface area contributed by atoms with Gasteiger partial charge in [0.05, 0.1) is 7.26 Å². The Morgan fingerprint density at radius 3 is 3.22 bits per heavy atom. The fourth-order valence-electron chi connectivity index (χ4n) is 2.68. The van der Waals surface area contributed by atoms with Crippen molar-refractivity contribution >= 4 is 23.1 Å². The second-order valence-corrected chi connectivity index (χ2v) is 5.12. The number of primary amides is 1. The van der Waals surface area contributed by atoms with Gasteiger partial charge >= 0.3 is 0 Å². The third-order valence-corrected chi connectivity index (χ3v) is 3.98. The van der Waals surface area contributed by atoms with Crippen molar-refractivity contribution in [2.75, 3.05) is 0 Å². The molecular formula is C15H16ClNO. The van der Waals surface area contributed by atoms with Gasteiger partial charge in [-0.05, 0) is 66.4 Å². The molecule has 1 amide bonds. The van der Waals surface area contributed by atoms with Crippen molar-refractivity contribution in [2.45, 2.75) is 32.6 Å². The van der Waals surface area contributed by atoms with E-state index in [9.17, 15) is 4.79 Å². The first-order valence-electron chi connectivity index (χ1n) is 7.88. The molecule has 0 aromatic heterocycles. The molecule has 2 nitrogen and oxygen atoms in total. The van der Waals surface area contributed by atoms with Crippen molar-refractivity contribution in [3.63, 3.8) is 0 Å². The number of rotatable bonds is 1. The van der Waals surface area contributed by atoms with E-state index in [1.807, 2.05) is 6.07 Å². The summed E-state index contributed by atoms with van der Waals surface area (Å²) >= 11 is 6.15. The van der Waals surface area contributed by atoms with Gasteiger partial charge in [0, 0.05) is 9.13 Å². The van der Waals surface area contributed by atoms with Crippen LogP contribution in [0.5, 0.6) is 0 Å². The molecule has 2 aliphatic rings. The Bertz CT molecular complexity index is 744. The quantitative estimate of drug-likeness (QED) is 0.832. The Labute approximate surface area is 117 Å². The largest absolute Gasteiger partial charge is 0.369 e. The number of amides is 1. The van der Waals surface area contributed by atoms with Gasteiger partial charge in [-0.3, -0.25) is 4.79 Å². The SMILES string of the molecule is [2H]c1c(Cl)c(C)cc2c1C1=C(C2)C([2H])(C(N)=O)CC([2H])([2H])C1. The van der Waals surface area contributed by atoms with Crippen LogP contribution >= 0.6 is 11.6 Å². The minimum atomic E-state index is -1.76. The number of nitrogens with two attached hydrogens (primary N) is 1. The highest BCUT2D eigenvalue weighted by molar-refractivity contribution is 6.31. The summed E-state index contributed by atoms with van der Waals surface area (Å²) in [6.45, 7) is 1.80. The van der Waals surface area contributed by atoms with Crippen LogP contribution in [-0.2, 0) is 11.2 Å². The number of hydrogen-bond acceptors (Lipinski definition) is 1. The molecule has 0 radical (unpaired) electrons. The Balaban J connectivity index is 2.27. The predicted molar refractivity (Wildman–Crippen MR) is 73.3 cm³/mol. The summed E-state index contributed by atoms with van der Waals surface area (Å²) in [7, 11) is 0. The van der Waals surface area contributed by atoms with Crippen molar-refractivity contribution in [3.05, 3.63) is 39.4 Å². The summed E-state index contributed by atoms with van der Waals surface area (Å²) in [6, 6.07) is 2.00. The number of carbonyl (C=O) groups excluding carboxylic acids is 1. The number of hydrogen-bond donors (Lipinski definition) is 1. The van der Waals surface area contributed by atoms with Crippen LogP contribution in [0.3, 0.4) is 0 Å². The molecule has 0 bridgehead atoms. The van der Waals surface area contributed by atoms with Crippen LogP contribution in [0.15, 0.2) is 17.7 Å². The summed E-state index contributed by atoms with van der Waals surface area (Å²) in [6.07, 6.45) is -1.52. The molecule has 0 heterocycles. The number of carbonyl (C=O) groups is 1. The zero-order valence-corrected chi connectivity index (χ0v) is 10.8. The lowest BCUT2D eigenvalue weighted by Gasteiger charge is -2.22. The van der Waals surface area contributed by atoms with Crippen LogP contribution in [0.2, 0.25) is 5.02 Å². The Morgan fingerprint density at radius 1 is 1.72 bits per heavy atom. The fraction of sp³-hybridized carbons (Fsp3) is 0.400. The highest BCUT2D eigenvalue weighted by atomic mass is 35.5. The number of aryl methyl sites for hydroxylation is 1. The molecule has 2 N–H and O–H groups in total. The fourth-order valence-corrected chi connectivity index (χ4v) is 2.83. The smallest absolute Gasteiger partial charge is 0.224 e. The molecule has 0 spiro atoms.